The van der Waals surface area contributed by atoms with Crippen LogP contribution in [0.25, 0.3) is 0 Å². The molecular weight excluding hydrogens is 138 g/mol. The molecule has 0 heterocycles. The van der Waals surface area contributed by atoms with Crippen molar-refractivity contribution in [2.24, 2.45) is 5.73 Å². The largest absolute Gasteiger partial charge is 0.318 e. The van der Waals surface area contributed by atoms with E-state index < -0.39 is 11.1 Å². The van der Waals surface area contributed by atoms with Gasteiger partial charge in [0, 0.05) is 0 Å². The van der Waals surface area contributed by atoms with Gasteiger partial charge in [-0.1, -0.05) is 0 Å². The van der Waals surface area contributed by atoms with Crippen LogP contribution in [0.5, 0.6) is 0 Å². The number of hydrogen-bond donors (Lipinski definition) is 1. The summed E-state index contributed by atoms with van der Waals surface area (Å²) in [6, 6.07) is 0. The van der Waals surface area contributed by atoms with E-state index in [1.165, 1.54) is 0 Å². The molecule has 0 aromatic carbocycles. The Bertz CT molecular complexity index is 108. The highest BCUT2D eigenvalue weighted by atomic mass is 32.2. The maximum Gasteiger partial charge on any atom is 0.170 e. The first kappa shape index (κ1) is 9.07. The van der Waals surface area contributed by atoms with E-state index in [1.54, 1.807) is 0 Å². The number of nitrogens with two attached hydrogens (primary N) is 1. The minimum atomic E-state index is -1.32. The maximum absolute atomic E-state index is 10.6. The first-order chi connectivity index (χ1) is 3.95. The lowest BCUT2D eigenvalue weighted by molar-refractivity contribution is 0.152. The molecule has 0 aliphatic heterocycles. The number of rotatable bonds is 2. The van der Waals surface area contributed by atoms with Gasteiger partial charge < -0.3 is 5.73 Å². The molecule has 0 rings (SSSR count). The van der Waals surface area contributed by atoms with Crippen molar-refractivity contribution in [3.05, 3.63) is 0 Å². The summed E-state index contributed by atoms with van der Waals surface area (Å²) in [5.74, 6) is 0.0667. The van der Waals surface area contributed by atoms with E-state index in [1.807, 2.05) is 20.8 Å². The second-order valence-electron chi connectivity index (χ2n) is 2.67. The third kappa shape index (κ3) is 5.95. The Balaban J connectivity index is 3.60. The molecule has 0 spiro atoms. The van der Waals surface area contributed by atoms with E-state index >= 15 is 0 Å². The van der Waals surface area contributed by atoms with E-state index in [-0.39, 0.29) is 11.5 Å². The molecule has 0 aromatic heterocycles. The van der Waals surface area contributed by atoms with Crippen molar-refractivity contribution in [1.82, 2.24) is 0 Å². The van der Waals surface area contributed by atoms with Crippen molar-refractivity contribution >= 4 is 11.1 Å². The second-order valence-corrected chi connectivity index (χ2v) is 3.77. The van der Waals surface area contributed by atoms with Gasteiger partial charge in [-0.15, -0.1) is 0 Å². The molecule has 0 bridgehead atoms. The Hall–Kier alpha value is 0.0700. The summed E-state index contributed by atoms with van der Waals surface area (Å²) in [7, 11) is 0. The highest BCUT2D eigenvalue weighted by Gasteiger charge is 2.13. The average Bonchev–Trinajstić information content (AvgIpc) is 1.62. The van der Waals surface area contributed by atoms with Crippen molar-refractivity contribution in [3.8, 4) is 0 Å². The fraction of sp³-hybridized carbons (Fsp3) is 1.00. The van der Waals surface area contributed by atoms with Gasteiger partial charge in [-0.05, 0) is 20.8 Å². The van der Waals surface area contributed by atoms with Crippen molar-refractivity contribution in [1.29, 1.82) is 0 Å². The molecular formula is C5H13NO2S. The minimum Gasteiger partial charge on any atom is -0.318 e. The molecule has 1 unspecified atom stereocenters. The van der Waals surface area contributed by atoms with Crippen LogP contribution < -0.4 is 5.73 Å². The summed E-state index contributed by atoms with van der Waals surface area (Å²) in [4.78, 5) is 0. The Morgan fingerprint density at radius 1 is 1.56 bits per heavy atom. The van der Waals surface area contributed by atoms with E-state index in [9.17, 15) is 4.21 Å². The highest BCUT2D eigenvalue weighted by Crippen LogP contribution is 2.07. The predicted molar refractivity (Wildman–Crippen MR) is 38.0 cm³/mol. The van der Waals surface area contributed by atoms with Crippen molar-refractivity contribution < 1.29 is 8.39 Å². The molecule has 56 valence electrons. The summed E-state index contributed by atoms with van der Waals surface area (Å²) in [6.45, 7) is 5.50. The fourth-order valence-corrected chi connectivity index (χ4v) is 0.939. The van der Waals surface area contributed by atoms with Gasteiger partial charge in [-0.3, -0.25) is 4.18 Å². The quantitative estimate of drug-likeness (QED) is 0.620. The third-order valence-corrected chi connectivity index (χ3v) is 1.44. The van der Waals surface area contributed by atoms with Crippen LogP contribution in [0.1, 0.15) is 20.8 Å². The molecule has 0 radical (unpaired) electrons. The van der Waals surface area contributed by atoms with E-state index in [2.05, 4.69) is 0 Å². The predicted octanol–water partition coefficient (Wildman–Crippen LogP) is 0.381. The molecule has 0 saturated heterocycles. The molecule has 0 aliphatic rings. The standard InChI is InChI=1S/C5H13NO2S/c1-5(2,3)8-9(7)4-6/h4,6H2,1-3H3. The second kappa shape index (κ2) is 3.29. The first-order valence-electron chi connectivity index (χ1n) is 2.73. The van der Waals surface area contributed by atoms with Crippen LogP contribution >= 0.6 is 0 Å². The Kier molecular flexibility index (Phi) is 3.32. The SMILES string of the molecule is CC(C)(C)OS(=O)CN. The van der Waals surface area contributed by atoms with Gasteiger partial charge >= 0.3 is 0 Å². The molecule has 2 N–H and O–H groups in total. The van der Waals surface area contributed by atoms with Crippen molar-refractivity contribution in [2.75, 3.05) is 5.88 Å². The van der Waals surface area contributed by atoms with Crippen LogP contribution in [0.2, 0.25) is 0 Å². The fourth-order valence-electron chi connectivity index (χ4n) is 0.313. The van der Waals surface area contributed by atoms with E-state index in [0.29, 0.717) is 0 Å². The summed E-state index contributed by atoms with van der Waals surface area (Å²) in [5, 5.41) is 0. The van der Waals surface area contributed by atoms with Gasteiger partial charge in [0.1, 0.15) is 0 Å². The molecule has 0 aromatic rings. The topological polar surface area (TPSA) is 52.3 Å². The van der Waals surface area contributed by atoms with Crippen LogP contribution in [0.4, 0.5) is 0 Å². The normalized spacial score (nSPS) is 15.6. The lowest BCUT2D eigenvalue weighted by atomic mass is 10.2. The molecule has 1 atom stereocenters. The monoisotopic (exact) mass is 151 g/mol. The zero-order valence-electron chi connectivity index (χ0n) is 6.01. The maximum atomic E-state index is 10.6. The lowest BCUT2D eigenvalue weighted by Crippen LogP contribution is -2.24. The van der Waals surface area contributed by atoms with Gasteiger partial charge in [0.05, 0.1) is 11.5 Å². The molecule has 0 saturated carbocycles. The molecule has 9 heavy (non-hydrogen) atoms. The van der Waals surface area contributed by atoms with E-state index in [0.717, 1.165) is 0 Å². The average molecular weight is 151 g/mol. The first-order valence-corrected chi connectivity index (χ1v) is 3.98. The zero-order chi connectivity index (χ0) is 7.49. The summed E-state index contributed by atoms with van der Waals surface area (Å²) in [6.07, 6.45) is 0. The smallest absolute Gasteiger partial charge is 0.170 e. The number of hydrogen-bond acceptors (Lipinski definition) is 3. The van der Waals surface area contributed by atoms with Crippen LogP contribution in [0.15, 0.2) is 0 Å². The molecule has 0 fully saturated rings. The minimum absolute atomic E-state index is 0.0667. The van der Waals surface area contributed by atoms with Crippen LogP contribution in [0.3, 0.4) is 0 Å². The Morgan fingerprint density at radius 3 is 2.11 bits per heavy atom. The van der Waals surface area contributed by atoms with Gasteiger partial charge in [0.2, 0.25) is 0 Å². The van der Waals surface area contributed by atoms with Crippen molar-refractivity contribution in [3.63, 3.8) is 0 Å². The lowest BCUT2D eigenvalue weighted by Gasteiger charge is -2.16. The van der Waals surface area contributed by atoms with E-state index in [4.69, 9.17) is 9.92 Å². The van der Waals surface area contributed by atoms with Crippen LogP contribution in [0, 0.1) is 0 Å². The third-order valence-electron chi connectivity index (χ3n) is 0.479. The molecule has 0 amide bonds. The molecule has 0 aliphatic carbocycles. The molecule has 3 nitrogen and oxygen atoms in total. The molecule has 4 heteroatoms. The highest BCUT2D eigenvalue weighted by molar-refractivity contribution is 7.80. The van der Waals surface area contributed by atoms with Crippen molar-refractivity contribution in [2.45, 2.75) is 26.4 Å². The van der Waals surface area contributed by atoms with Gasteiger partial charge in [0.25, 0.3) is 0 Å². The Morgan fingerprint density at radius 2 is 2.00 bits per heavy atom. The summed E-state index contributed by atoms with van der Waals surface area (Å²) >= 11 is -1.32. The van der Waals surface area contributed by atoms with Crippen LogP contribution in [-0.2, 0) is 15.3 Å². The zero-order valence-corrected chi connectivity index (χ0v) is 6.83. The summed E-state index contributed by atoms with van der Waals surface area (Å²) < 4.78 is 15.5. The Labute approximate surface area is 58.2 Å². The van der Waals surface area contributed by atoms with Crippen LogP contribution in [-0.4, -0.2) is 15.7 Å². The van der Waals surface area contributed by atoms with Gasteiger partial charge in [-0.2, -0.15) is 0 Å². The summed E-state index contributed by atoms with van der Waals surface area (Å²) in [5.41, 5.74) is 4.70. The van der Waals surface area contributed by atoms with Gasteiger partial charge in [-0.25, -0.2) is 4.21 Å². The van der Waals surface area contributed by atoms with Gasteiger partial charge in [0.15, 0.2) is 11.1 Å².